The number of nitrogens with zero attached hydrogens (tertiary/aromatic N) is 1. The monoisotopic (exact) mass is 145 g/mol. The maximum atomic E-state index is 10.7. The predicted molar refractivity (Wildman–Crippen MR) is 36.5 cm³/mol. The van der Waals surface area contributed by atoms with Crippen molar-refractivity contribution in [3.05, 3.63) is 29.6 Å². The third-order valence-corrected chi connectivity index (χ3v) is 1.58. The maximum Gasteiger partial charge on any atom is 0.186 e. The number of rotatable bonds is 0. The van der Waals surface area contributed by atoms with E-state index in [1.807, 2.05) is 0 Å². The summed E-state index contributed by atoms with van der Waals surface area (Å²) in [5.74, 6) is 0. The van der Waals surface area contributed by atoms with Gasteiger partial charge in [-0.3, -0.25) is 0 Å². The lowest BCUT2D eigenvalue weighted by Crippen LogP contribution is -2.39. The third-order valence-electron chi connectivity index (χ3n) is 1.07. The fraction of sp³-hybridized carbons (Fsp3) is 0.200. The Labute approximate surface area is 58.4 Å². The van der Waals surface area contributed by atoms with Gasteiger partial charge in [-0.25, -0.2) is 5.21 Å². The van der Waals surface area contributed by atoms with Gasteiger partial charge in [0.05, 0.1) is 0 Å². The Balaban J connectivity index is 2.78. The van der Waals surface area contributed by atoms with Crippen LogP contribution in [0.2, 0.25) is 0 Å². The number of hydroxylamine groups is 4. The summed E-state index contributed by atoms with van der Waals surface area (Å²) in [5, 5.41) is 18.9. The molecular formula is C5H7NO2S. The third kappa shape index (κ3) is 1.34. The summed E-state index contributed by atoms with van der Waals surface area (Å²) in [4.78, 5) is -1.42. The van der Waals surface area contributed by atoms with Gasteiger partial charge in [-0.15, -0.1) is 12.6 Å². The van der Waals surface area contributed by atoms with Crippen LogP contribution in [0, 0.1) is 5.21 Å². The standard InChI is InChI=1S/C5H7NO2S/c7-6(8)4-2-1-3-5(6)9/h1-5,7,9H. The van der Waals surface area contributed by atoms with Gasteiger partial charge in [-0.05, 0) is 12.2 Å². The van der Waals surface area contributed by atoms with Gasteiger partial charge in [0.15, 0.2) is 5.37 Å². The lowest BCUT2D eigenvalue weighted by atomic mass is 10.4. The molecule has 9 heavy (non-hydrogen) atoms. The SMILES string of the molecule is [O-][N+]1(O)C=CC=CC1S. The molecule has 0 radical (unpaired) electrons. The van der Waals surface area contributed by atoms with Crippen molar-refractivity contribution in [2.45, 2.75) is 5.37 Å². The quantitative estimate of drug-likeness (QED) is 0.304. The molecule has 0 saturated heterocycles. The second-order valence-electron chi connectivity index (χ2n) is 1.81. The molecule has 1 aliphatic rings. The van der Waals surface area contributed by atoms with Gasteiger partial charge in [-0.1, -0.05) is 6.08 Å². The molecule has 1 rings (SSSR count). The van der Waals surface area contributed by atoms with Crippen LogP contribution in [0.1, 0.15) is 0 Å². The van der Waals surface area contributed by atoms with E-state index in [1.54, 1.807) is 6.08 Å². The Morgan fingerprint density at radius 2 is 2.22 bits per heavy atom. The van der Waals surface area contributed by atoms with E-state index in [1.165, 1.54) is 12.2 Å². The minimum Gasteiger partial charge on any atom is -0.593 e. The molecule has 0 aliphatic carbocycles. The lowest BCUT2D eigenvalue weighted by molar-refractivity contribution is -1.03. The highest BCUT2D eigenvalue weighted by Gasteiger charge is 2.20. The predicted octanol–water partition coefficient (Wildman–Crippen LogP) is 1.03. The summed E-state index contributed by atoms with van der Waals surface area (Å²) in [6, 6.07) is 0. The molecule has 4 heteroatoms. The summed E-state index contributed by atoms with van der Waals surface area (Å²) in [5.41, 5.74) is 0. The fourth-order valence-corrected chi connectivity index (χ4v) is 0.724. The maximum absolute atomic E-state index is 10.7. The topological polar surface area (TPSA) is 43.3 Å². The van der Waals surface area contributed by atoms with Crippen LogP contribution in [-0.2, 0) is 0 Å². The first-order valence-corrected chi connectivity index (χ1v) is 3.01. The van der Waals surface area contributed by atoms with Crippen molar-refractivity contribution in [2.24, 2.45) is 0 Å². The Kier molecular flexibility index (Phi) is 1.63. The van der Waals surface area contributed by atoms with E-state index >= 15 is 0 Å². The normalized spacial score (nSPS) is 41.4. The van der Waals surface area contributed by atoms with Crippen molar-refractivity contribution in [1.82, 2.24) is 0 Å². The van der Waals surface area contributed by atoms with Gasteiger partial charge in [0, 0.05) is 0 Å². The van der Waals surface area contributed by atoms with Crippen molar-refractivity contribution < 1.29 is 10.0 Å². The Morgan fingerprint density at radius 1 is 1.56 bits per heavy atom. The highest BCUT2D eigenvalue weighted by Crippen LogP contribution is 2.17. The minimum atomic E-state index is -1.42. The fourth-order valence-electron chi connectivity index (χ4n) is 0.548. The average molecular weight is 145 g/mol. The molecule has 1 heterocycles. The molecule has 0 spiro atoms. The van der Waals surface area contributed by atoms with Gasteiger partial charge in [-0.2, -0.15) is 4.81 Å². The summed E-state index contributed by atoms with van der Waals surface area (Å²) in [7, 11) is 0. The van der Waals surface area contributed by atoms with Gasteiger partial charge in [0.1, 0.15) is 6.20 Å². The van der Waals surface area contributed by atoms with Crippen molar-refractivity contribution in [3.8, 4) is 0 Å². The summed E-state index contributed by atoms with van der Waals surface area (Å²) < 4.78 is 0. The van der Waals surface area contributed by atoms with Crippen molar-refractivity contribution in [2.75, 3.05) is 0 Å². The number of thiol groups is 1. The number of hydrogen-bond acceptors (Lipinski definition) is 3. The van der Waals surface area contributed by atoms with Gasteiger partial charge < -0.3 is 5.21 Å². The number of quaternary nitrogens is 1. The molecule has 0 fully saturated rings. The highest BCUT2D eigenvalue weighted by molar-refractivity contribution is 7.80. The molecule has 1 N–H and O–H groups in total. The van der Waals surface area contributed by atoms with E-state index < -0.39 is 10.2 Å². The molecule has 0 aromatic rings. The van der Waals surface area contributed by atoms with E-state index in [0.29, 0.717) is 0 Å². The van der Waals surface area contributed by atoms with Crippen LogP contribution in [0.3, 0.4) is 0 Å². The van der Waals surface area contributed by atoms with Crippen molar-refractivity contribution >= 4 is 12.6 Å². The average Bonchev–Trinajstić information content (AvgIpc) is 1.77. The zero-order valence-electron chi connectivity index (χ0n) is 4.64. The number of hydrogen-bond donors (Lipinski definition) is 2. The largest absolute Gasteiger partial charge is 0.593 e. The van der Waals surface area contributed by atoms with Crippen LogP contribution in [0.25, 0.3) is 0 Å². The first kappa shape index (κ1) is 6.82. The van der Waals surface area contributed by atoms with Crippen LogP contribution in [0.5, 0.6) is 0 Å². The summed E-state index contributed by atoms with van der Waals surface area (Å²) in [6.07, 6.45) is 5.80. The Morgan fingerprint density at radius 3 is 2.56 bits per heavy atom. The van der Waals surface area contributed by atoms with E-state index in [-0.39, 0.29) is 0 Å². The van der Waals surface area contributed by atoms with Crippen LogP contribution in [0.15, 0.2) is 24.4 Å². The molecule has 3 nitrogen and oxygen atoms in total. The molecule has 2 unspecified atom stereocenters. The van der Waals surface area contributed by atoms with Crippen LogP contribution in [-0.4, -0.2) is 15.4 Å². The molecule has 0 amide bonds. The molecule has 0 saturated carbocycles. The Hall–Kier alpha value is -0.290. The highest BCUT2D eigenvalue weighted by atomic mass is 32.1. The summed E-state index contributed by atoms with van der Waals surface area (Å²) in [6.45, 7) is 0. The molecule has 0 bridgehead atoms. The molecule has 0 aromatic carbocycles. The first-order chi connectivity index (χ1) is 4.13. The molecule has 1 aliphatic heterocycles. The van der Waals surface area contributed by atoms with E-state index in [2.05, 4.69) is 12.6 Å². The van der Waals surface area contributed by atoms with Crippen molar-refractivity contribution in [3.63, 3.8) is 0 Å². The number of allylic oxidation sites excluding steroid dienone is 2. The van der Waals surface area contributed by atoms with Gasteiger partial charge in [0.25, 0.3) is 0 Å². The van der Waals surface area contributed by atoms with E-state index in [9.17, 15) is 5.21 Å². The zero-order valence-corrected chi connectivity index (χ0v) is 5.53. The zero-order chi connectivity index (χ0) is 6.91. The smallest absolute Gasteiger partial charge is 0.186 e. The molecular weight excluding hydrogens is 138 g/mol. The van der Waals surface area contributed by atoms with Crippen LogP contribution in [0.4, 0.5) is 0 Å². The summed E-state index contributed by atoms with van der Waals surface area (Å²) >= 11 is 3.81. The molecule has 0 aromatic heterocycles. The Bertz CT molecular complexity index is 164. The second kappa shape index (κ2) is 2.15. The molecule has 50 valence electrons. The van der Waals surface area contributed by atoms with E-state index in [4.69, 9.17) is 5.21 Å². The van der Waals surface area contributed by atoms with Crippen LogP contribution >= 0.6 is 12.6 Å². The molecule has 2 atom stereocenters. The lowest BCUT2D eigenvalue weighted by Gasteiger charge is -2.34. The minimum absolute atomic E-state index is 0.685. The van der Waals surface area contributed by atoms with E-state index in [0.717, 1.165) is 6.20 Å². The first-order valence-electron chi connectivity index (χ1n) is 2.49. The second-order valence-corrected chi connectivity index (χ2v) is 2.34. The van der Waals surface area contributed by atoms with Gasteiger partial charge in [0.2, 0.25) is 0 Å². The van der Waals surface area contributed by atoms with Gasteiger partial charge >= 0.3 is 0 Å². The van der Waals surface area contributed by atoms with Crippen LogP contribution < -0.4 is 0 Å². The van der Waals surface area contributed by atoms with Crippen molar-refractivity contribution in [1.29, 1.82) is 0 Å².